The van der Waals surface area contributed by atoms with Crippen LogP contribution in [0.1, 0.15) is 26.7 Å². The van der Waals surface area contributed by atoms with Gasteiger partial charge in [-0.3, -0.25) is 14.5 Å². The average Bonchev–Trinajstić information content (AvgIpc) is 2.70. The summed E-state index contributed by atoms with van der Waals surface area (Å²) in [5, 5.41) is 5.43. The number of carbonyl (C=O) groups is 2. The van der Waals surface area contributed by atoms with Crippen LogP contribution in [0.2, 0.25) is 0 Å². The maximum atomic E-state index is 12.1. The van der Waals surface area contributed by atoms with Crippen LogP contribution in [0.4, 0.5) is 0 Å². The van der Waals surface area contributed by atoms with Crippen molar-refractivity contribution in [1.82, 2.24) is 15.5 Å². The topological polar surface area (TPSA) is 61.4 Å². The number of likely N-dealkylation sites (tertiary alicyclic amines) is 1. The largest absolute Gasteiger partial charge is 0.357 e. The maximum Gasteiger partial charge on any atom is 0.242 e. The molecule has 2 amide bonds. The van der Waals surface area contributed by atoms with E-state index in [4.69, 9.17) is 0 Å². The monoisotopic (exact) mass is 241 g/mol. The van der Waals surface area contributed by atoms with Crippen LogP contribution < -0.4 is 10.6 Å². The third kappa shape index (κ3) is 3.43. The number of rotatable bonds is 4. The van der Waals surface area contributed by atoms with E-state index in [0.29, 0.717) is 0 Å². The van der Waals surface area contributed by atoms with E-state index in [9.17, 15) is 9.59 Å². The van der Waals surface area contributed by atoms with Gasteiger partial charge in [0.05, 0.1) is 6.04 Å². The van der Waals surface area contributed by atoms with Gasteiger partial charge in [0, 0.05) is 7.05 Å². The van der Waals surface area contributed by atoms with Gasteiger partial charge in [-0.25, -0.2) is 0 Å². The number of carbonyl (C=O) groups excluding carboxylic acids is 2. The zero-order valence-electron chi connectivity index (χ0n) is 11.1. The van der Waals surface area contributed by atoms with Gasteiger partial charge in [0.15, 0.2) is 0 Å². The summed E-state index contributed by atoms with van der Waals surface area (Å²) in [6, 6.07) is -0.526. The lowest BCUT2D eigenvalue weighted by Crippen LogP contribution is -2.53. The second-order valence-corrected chi connectivity index (χ2v) is 4.98. The second-order valence-electron chi connectivity index (χ2n) is 4.98. The van der Waals surface area contributed by atoms with Gasteiger partial charge in [0.25, 0.3) is 0 Å². The molecule has 0 saturated carbocycles. The summed E-state index contributed by atoms with van der Waals surface area (Å²) in [5.74, 6) is -0.0769. The van der Waals surface area contributed by atoms with Gasteiger partial charge < -0.3 is 10.6 Å². The highest BCUT2D eigenvalue weighted by Gasteiger charge is 2.31. The molecule has 0 aromatic rings. The van der Waals surface area contributed by atoms with E-state index >= 15 is 0 Å². The number of likely N-dealkylation sites (N-methyl/N-ethyl adjacent to an activating group) is 2. The number of nitrogens with zero attached hydrogens (tertiary/aromatic N) is 1. The third-order valence-electron chi connectivity index (χ3n) is 3.32. The first-order valence-electron chi connectivity index (χ1n) is 6.19. The molecule has 0 aromatic carbocycles. The van der Waals surface area contributed by atoms with Crippen molar-refractivity contribution < 1.29 is 9.59 Å². The lowest BCUT2D eigenvalue weighted by atomic mass is 10.0. The predicted molar refractivity (Wildman–Crippen MR) is 66.5 cm³/mol. The van der Waals surface area contributed by atoms with Crippen LogP contribution in [-0.2, 0) is 9.59 Å². The normalized spacial score (nSPS) is 22.5. The first kappa shape index (κ1) is 14.0. The fourth-order valence-electron chi connectivity index (χ4n) is 2.18. The van der Waals surface area contributed by atoms with Crippen molar-refractivity contribution in [1.29, 1.82) is 0 Å². The molecule has 5 nitrogen and oxygen atoms in total. The molecule has 2 N–H and O–H groups in total. The number of amides is 2. The Balaban J connectivity index is 2.61. The van der Waals surface area contributed by atoms with Crippen molar-refractivity contribution in [3.63, 3.8) is 0 Å². The molecule has 5 heteroatoms. The van der Waals surface area contributed by atoms with Crippen molar-refractivity contribution in [3.8, 4) is 0 Å². The Bertz CT molecular complexity index is 291. The highest BCUT2D eigenvalue weighted by atomic mass is 16.2. The Morgan fingerprint density at radius 3 is 2.41 bits per heavy atom. The Kier molecular flexibility index (Phi) is 4.93. The fourth-order valence-corrected chi connectivity index (χ4v) is 2.18. The summed E-state index contributed by atoms with van der Waals surface area (Å²) in [7, 11) is 3.53. The molecule has 1 aliphatic rings. The Labute approximate surface area is 103 Å². The number of hydrogen-bond acceptors (Lipinski definition) is 3. The highest BCUT2D eigenvalue weighted by molar-refractivity contribution is 5.89. The molecule has 1 fully saturated rings. The summed E-state index contributed by atoms with van der Waals surface area (Å²) in [5.41, 5.74) is 0. The molecule has 98 valence electrons. The van der Waals surface area contributed by atoms with Gasteiger partial charge in [-0.1, -0.05) is 13.8 Å². The van der Waals surface area contributed by atoms with Crippen LogP contribution >= 0.6 is 0 Å². The van der Waals surface area contributed by atoms with E-state index in [1.807, 2.05) is 25.8 Å². The molecule has 0 spiro atoms. The minimum atomic E-state index is -0.443. The van der Waals surface area contributed by atoms with E-state index < -0.39 is 6.04 Å². The van der Waals surface area contributed by atoms with Crippen LogP contribution in [-0.4, -0.2) is 49.4 Å². The van der Waals surface area contributed by atoms with E-state index in [-0.39, 0.29) is 23.8 Å². The molecular weight excluding hydrogens is 218 g/mol. The van der Waals surface area contributed by atoms with Crippen LogP contribution in [0.15, 0.2) is 0 Å². The van der Waals surface area contributed by atoms with Gasteiger partial charge >= 0.3 is 0 Å². The number of hydrogen-bond donors (Lipinski definition) is 2. The third-order valence-corrected chi connectivity index (χ3v) is 3.32. The van der Waals surface area contributed by atoms with Crippen LogP contribution in [0.5, 0.6) is 0 Å². The molecule has 2 atom stereocenters. The quantitative estimate of drug-likeness (QED) is 0.726. The van der Waals surface area contributed by atoms with Gasteiger partial charge in [0.1, 0.15) is 6.04 Å². The van der Waals surface area contributed by atoms with Gasteiger partial charge in [-0.15, -0.1) is 0 Å². The molecule has 0 unspecified atom stereocenters. The van der Waals surface area contributed by atoms with Crippen LogP contribution in [0.3, 0.4) is 0 Å². The molecule has 0 bridgehead atoms. The predicted octanol–water partition coefficient (Wildman–Crippen LogP) is -0.0326. The minimum absolute atomic E-state index is 0.0349. The number of nitrogens with one attached hydrogen (secondary N) is 2. The van der Waals surface area contributed by atoms with E-state index in [1.54, 1.807) is 7.05 Å². The van der Waals surface area contributed by atoms with Crippen molar-refractivity contribution in [3.05, 3.63) is 0 Å². The first-order valence-corrected chi connectivity index (χ1v) is 6.19. The van der Waals surface area contributed by atoms with Crippen molar-refractivity contribution in [2.45, 2.75) is 38.8 Å². The molecule has 1 rings (SSSR count). The first-order chi connectivity index (χ1) is 7.97. The molecule has 1 aliphatic heterocycles. The molecule has 0 radical (unpaired) electrons. The Hall–Kier alpha value is -1.10. The van der Waals surface area contributed by atoms with Crippen molar-refractivity contribution >= 4 is 11.8 Å². The standard InChI is InChI=1S/C12H23N3O2/c1-8(2)10(12(17)13-3)14-11(16)9-6-5-7-15(9)4/h8-10H,5-7H2,1-4H3,(H,13,17)(H,14,16)/t9-,10-/m0/s1. The summed E-state index contributed by atoms with van der Waals surface area (Å²) in [6.07, 6.45) is 1.92. The molecule has 1 heterocycles. The smallest absolute Gasteiger partial charge is 0.242 e. The average molecular weight is 241 g/mol. The Morgan fingerprint density at radius 2 is 2.00 bits per heavy atom. The zero-order valence-corrected chi connectivity index (χ0v) is 11.1. The van der Waals surface area contributed by atoms with E-state index in [0.717, 1.165) is 19.4 Å². The van der Waals surface area contributed by atoms with Gasteiger partial charge in [-0.05, 0) is 32.4 Å². The summed E-state index contributed by atoms with van der Waals surface area (Å²) in [6.45, 7) is 4.81. The minimum Gasteiger partial charge on any atom is -0.357 e. The lowest BCUT2D eigenvalue weighted by Gasteiger charge is -2.25. The SMILES string of the molecule is CNC(=O)[C@@H](NC(=O)[C@@H]1CCCN1C)C(C)C. The van der Waals surface area contributed by atoms with Crippen molar-refractivity contribution in [2.75, 3.05) is 20.6 Å². The van der Waals surface area contributed by atoms with Crippen LogP contribution in [0.25, 0.3) is 0 Å². The second kappa shape index (κ2) is 6.00. The van der Waals surface area contributed by atoms with E-state index in [2.05, 4.69) is 10.6 Å². The molecular formula is C12H23N3O2. The lowest BCUT2D eigenvalue weighted by molar-refractivity contribution is -0.131. The molecule has 1 saturated heterocycles. The maximum absolute atomic E-state index is 12.1. The van der Waals surface area contributed by atoms with Gasteiger partial charge in [0.2, 0.25) is 11.8 Å². The van der Waals surface area contributed by atoms with Crippen LogP contribution in [0, 0.1) is 5.92 Å². The molecule has 17 heavy (non-hydrogen) atoms. The van der Waals surface area contributed by atoms with E-state index in [1.165, 1.54) is 0 Å². The summed E-state index contributed by atoms with van der Waals surface area (Å²) in [4.78, 5) is 25.7. The van der Waals surface area contributed by atoms with Crippen molar-refractivity contribution in [2.24, 2.45) is 5.92 Å². The molecule has 0 aliphatic carbocycles. The van der Waals surface area contributed by atoms with Gasteiger partial charge in [-0.2, -0.15) is 0 Å². The Morgan fingerprint density at radius 1 is 1.35 bits per heavy atom. The zero-order chi connectivity index (χ0) is 13.0. The highest BCUT2D eigenvalue weighted by Crippen LogP contribution is 2.15. The summed E-state index contributed by atoms with van der Waals surface area (Å²) < 4.78 is 0. The molecule has 0 aromatic heterocycles. The summed E-state index contributed by atoms with van der Waals surface area (Å²) >= 11 is 0. The fraction of sp³-hybridized carbons (Fsp3) is 0.833.